The Morgan fingerprint density at radius 1 is 1.62 bits per heavy atom. The number of thioether (sulfide) groups is 1. The highest BCUT2D eigenvalue weighted by Crippen LogP contribution is 2.33. The summed E-state index contributed by atoms with van der Waals surface area (Å²) in [6, 6.07) is 1.95. The van der Waals surface area contributed by atoms with Gasteiger partial charge in [-0.3, -0.25) is 14.9 Å². The van der Waals surface area contributed by atoms with Crippen LogP contribution in [0.4, 0.5) is 10.1 Å². The van der Waals surface area contributed by atoms with Crippen LogP contribution in [0.25, 0.3) is 0 Å². The first-order valence-corrected chi connectivity index (χ1v) is 5.67. The summed E-state index contributed by atoms with van der Waals surface area (Å²) < 4.78 is 13.1. The first-order valence-electron chi connectivity index (χ1n) is 3.90. The largest absolute Gasteiger partial charge is 0.481 e. The van der Waals surface area contributed by atoms with Crippen molar-refractivity contribution in [3.8, 4) is 0 Å². The molecule has 16 heavy (non-hydrogen) atoms. The number of nitro benzene ring substituents is 1. The average molecular weight is 310 g/mol. The molecule has 0 aliphatic heterocycles. The Morgan fingerprint density at radius 3 is 2.75 bits per heavy atom. The minimum atomic E-state index is -1.10. The van der Waals surface area contributed by atoms with Crippen molar-refractivity contribution in [2.45, 2.75) is 4.90 Å². The van der Waals surface area contributed by atoms with Crippen molar-refractivity contribution in [2.75, 3.05) is 5.75 Å². The number of benzene rings is 1. The summed E-state index contributed by atoms with van der Waals surface area (Å²) >= 11 is 3.65. The first-order chi connectivity index (χ1) is 7.41. The Labute approximate surface area is 102 Å². The Balaban J connectivity index is 3.09. The molecule has 0 aliphatic rings. The molecule has 1 aromatic rings. The predicted molar refractivity (Wildman–Crippen MR) is 59.1 cm³/mol. The summed E-state index contributed by atoms with van der Waals surface area (Å²) in [7, 11) is 0. The van der Waals surface area contributed by atoms with Gasteiger partial charge >= 0.3 is 5.97 Å². The van der Waals surface area contributed by atoms with Gasteiger partial charge in [-0.15, -0.1) is 11.8 Å². The number of nitrogens with zero attached hydrogens (tertiary/aromatic N) is 1. The number of hydrogen-bond acceptors (Lipinski definition) is 4. The number of halogens is 2. The summed E-state index contributed by atoms with van der Waals surface area (Å²) in [4.78, 5) is 20.3. The van der Waals surface area contributed by atoms with Crippen molar-refractivity contribution >= 4 is 39.3 Å². The zero-order valence-electron chi connectivity index (χ0n) is 7.65. The molecule has 0 aliphatic carbocycles. The number of rotatable bonds is 4. The van der Waals surface area contributed by atoms with Crippen LogP contribution in [0.5, 0.6) is 0 Å². The zero-order valence-corrected chi connectivity index (χ0v) is 10.0. The number of nitro groups is 1. The zero-order chi connectivity index (χ0) is 12.3. The number of aliphatic carboxylic acids is 1. The molecule has 0 bridgehead atoms. The Kier molecular flexibility index (Phi) is 4.25. The third-order valence-electron chi connectivity index (χ3n) is 1.55. The Bertz CT molecular complexity index is 454. The van der Waals surface area contributed by atoms with Gasteiger partial charge in [0.05, 0.1) is 26.1 Å². The van der Waals surface area contributed by atoms with Crippen molar-refractivity contribution in [3.63, 3.8) is 0 Å². The van der Waals surface area contributed by atoms with Gasteiger partial charge in [-0.05, 0) is 22.0 Å². The normalized spacial score (nSPS) is 10.1. The molecule has 86 valence electrons. The standard InChI is InChI=1S/C8H5BrFNO4S/c9-4-1-7(16-3-8(12)13)6(11(14)15)2-5(4)10/h1-2H,3H2,(H,12,13). The van der Waals surface area contributed by atoms with Crippen molar-refractivity contribution in [3.05, 3.63) is 32.5 Å². The fourth-order valence-corrected chi connectivity index (χ4v) is 2.17. The minimum absolute atomic E-state index is 0.0611. The van der Waals surface area contributed by atoms with Crippen LogP contribution >= 0.6 is 27.7 Å². The monoisotopic (exact) mass is 309 g/mol. The average Bonchev–Trinajstić information content (AvgIpc) is 2.18. The lowest BCUT2D eigenvalue weighted by atomic mass is 10.3. The molecule has 0 saturated carbocycles. The van der Waals surface area contributed by atoms with Gasteiger partial charge in [-0.1, -0.05) is 0 Å². The smallest absolute Gasteiger partial charge is 0.313 e. The van der Waals surface area contributed by atoms with E-state index in [0.717, 1.165) is 17.8 Å². The van der Waals surface area contributed by atoms with Crippen LogP contribution in [0, 0.1) is 15.9 Å². The lowest BCUT2D eigenvalue weighted by Gasteiger charge is -2.02. The van der Waals surface area contributed by atoms with Crippen LogP contribution in [0.2, 0.25) is 0 Å². The highest BCUT2D eigenvalue weighted by atomic mass is 79.9. The van der Waals surface area contributed by atoms with E-state index in [1.54, 1.807) is 0 Å². The van der Waals surface area contributed by atoms with Crippen molar-refractivity contribution in [1.29, 1.82) is 0 Å². The molecule has 0 heterocycles. The Hall–Kier alpha value is -1.15. The number of carbonyl (C=O) groups is 1. The van der Waals surface area contributed by atoms with Gasteiger partial charge in [-0.2, -0.15) is 0 Å². The van der Waals surface area contributed by atoms with Crippen LogP contribution in [0.15, 0.2) is 21.5 Å². The molecule has 0 atom stereocenters. The minimum Gasteiger partial charge on any atom is -0.481 e. The fraction of sp³-hybridized carbons (Fsp3) is 0.125. The van der Waals surface area contributed by atoms with E-state index in [4.69, 9.17) is 5.11 Å². The number of carboxylic acids is 1. The SMILES string of the molecule is O=C(O)CSc1cc(Br)c(F)cc1[N+](=O)[O-]. The van der Waals surface area contributed by atoms with Crippen LogP contribution in [0.1, 0.15) is 0 Å². The van der Waals surface area contributed by atoms with Crippen LogP contribution < -0.4 is 0 Å². The first kappa shape index (κ1) is 12.9. The Morgan fingerprint density at radius 2 is 2.25 bits per heavy atom. The second-order valence-corrected chi connectivity index (χ2v) is 4.55. The van der Waals surface area contributed by atoms with E-state index in [2.05, 4.69) is 15.9 Å². The van der Waals surface area contributed by atoms with Gasteiger partial charge < -0.3 is 5.11 Å². The molecule has 0 saturated heterocycles. The quantitative estimate of drug-likeness (QED) is 0.525. The maximum absolute atomic E-state index is 13.0. The maximum atomic E-state index is 13.0. The van der Waals surface area contributed by atoms with Gasteiger partial charge in [0.2, 0.25) is 0 Å². The van der Waals surface area contributed by atoms with Gasteiger partial charge in [0, 0.05) is 0 Å². The molecule has 1 N–H and O–H groups in total. The molecular formula is C8H5BrFNO4S. The summed E-state index contributed by atoms with van der Waals surface area (Å²) in [5.41, 5.74) is -0.438. The van der Waals surface area contributed by atoms with E-state index in [1.165, 1.54) is 6.07 Å². The molecule has 0 unspecified atom stereocenters. The van der Waals surface area contributed by atoms with Crippen LogP contribution in [0.3, 0.4) is 0 Å². The molecular weight excluding hydrogens is 305 g/mol. The summed E-state index contributed by atoms with van der Waals surface area (Å²) in [6.45, 7) is 0. The molecule has 0 radical (unpaired) electrons. The maximum Gasteiger partial charge on any atom is 0.313 e. The van der Waals surface area contributed by atoms with E-state index < -0.39 is 22.4 Å². The molecule has 1 aromatic carbocycles. The van der Waals surface area contributed by atoms with Gasteiger partial charge in [-0.25, -0.2) is 4.39 Å². The van der Waals surface area contributed by atoms with Crippen molar-refractivity contribution in [1.82, 2.24) is 0 Å². The van der Waals surface area contributed by atoms with E-state index in [0.29, 0.717) is 0 Å². The summed E-state index contributed by atoms with van der Waals surface area (Å²) in [5, 5.41) is 19.0. The number of hydrogen-bond donors (Lipinski definition) is 1. The van der Waals surface area contributed by atoms with Gasteiger partial charge in [0.1, 0.15) is 5.82 Å². The molecule has 0 fully saturated rings. The van der Waals surface area contributed by atoms with Crippen LogP contribution in [-0.2, 0) is 4.79 Å². The fourth-order valence-electron chi connectivity index (χ4n) is 0.916. The third kappa shape index (κ3) is 3.17. The van der Waals surface area contributed by atoms with E-state index in [-0.39, 0.29) is 15.1 Å². The highest BCUT2D eigenvalue weighted by molar-refractivity contribution is 9.10. The third-order valence-corrected chi connectivity index (χ3v) is 3.19. The molecule has 0 amide bonds. The van der Waals surface area contributed by atoms with E-state index >= 15 is 0 Å². The van der Waals surface area contributed by atoms with Gasteiger partial charge in [0.25, 0.3) is 5.69 Å². The lowest BCUT2D eigenvalue weighted by Crippen LogP contribution is -1.99. The second-order valence-electron chi connectivity index (χ2n) is 2.67. The topological polar surface area (TPSA) is 80.4 Å². The van der Waals surface area contributed by atoms with Crippen molar-refractivity contribution in [2.24, 2.45) is 0 Å². The van der Waals surface area contributed by atoms with E-state index in [9.17, 15) is 19.3 Å². The molecule has 1 rings (SSSR count). The van der Waals surface area contributed by atoms with E-state index in [1.807, 2.05) is 0 Å². The summed E-state index contributed by atoms with van der Waals surface area (Å²) in [6.07, 6.45) is 0. The second kappa shape index (κ2) is 5.26. The molecule has 0 spiro atoms. The van der Waals surface area contributed by atoms with Crippen molar-refractivity contribution < 1.29 is 19.2 Å². The van der Waals surface area contributed by atoms with Gasteiger partial charge in [0.15, 0.2) is 0 Å². The summed E-state index contributed by atoms with van der Waals surface area (Å²) in [5.74, 6) is -2.18. The van der Waals surface area contributed by atoms with Crippen LogP contribution in [-0.4, -0.2) is 21.8 Å². The predicted octanol–water partition coefficient (Wildman–Crippen LogP) is 2.67. The lowest BCUT2D eigenvalue weighted by molar-refractivity contribution is -0.387. The highest BCUT2D eigenvalue weighted by Gasteiger charge is 2.18. The molecule has 0 aromatic heterocycles. The molecule has 8 heteroatoms. The molecule has 5 nitrogen and oxygen atoms in total. The number of carboxylic acid groups (broad SMARTS) is 1.